The topological polar surface area (TPSA) is 53.9 Å². The number of hydrogen-bond donors (Lipinski definition) is 1. The SMILES string of the molecule is CCN(C=Nc1ccc(OC)cc1)P(=O)(NC)SCC(C)C. The van der Waals surface area contributed by atoms with E-state index in [4.69, 9.17) is 4.74 Å². The molecule has 0 saturated heterocycles. The molecule has 1 aromatic carbocycles. The molecular formula is C15H26N3O2PS. The highest BCUT2D eigenvalue weighted by molar-refractivity contribution is 8.56. The first-order valence-corrected chi connectivity index (χ1v) is 10.6. The Morgan fingerprint density at radius 1 is 1.41 bits per heavy atom. The second-order valence-corrected chi connectivity index (χ2v) is 9.98. The molecule has 0 fully saturated rings. The minimum absolute atomic E-state index is 0.490. The fourth-order valence-corrected chi connectivity index (χ4v) is 6.05. The summed E-state index contributed by atoms with van der Waals surface area (Å²) in [5.41, 5.74) is 0.802. The van der Waals surface area contributed by atoms with E-state index in [2.05, 4.69) is 23.9 Å². The smallest absolute Gasteiger partial charge is 0.293 e. The van der Waals surface area contributed by atoms with Gasteiger partial charge in [-0.05, 0) is 44.2 Å². The maximum Gasteiger partial charge on any atom is 0.293 e. The van der Waals surface area contributed by atoms with Crippen LogP contribution in [0.2, 0.25) is 0 Å². The third-order valence-electron chi connectivity index (χ3n) is 2.94. The van der Waals surface area contributed by atoms with Crippen LogP contribution in [0.25, 0.3) is 0 Å². The van der Waals surface area contributed by atoms with Gasteiger partial charge in [-0.3, -0.25) is 9.24 Å². The molecule has 1 N–H and O–H groups in total. The monoisotopic (exact) mass is 343 g/mol. The van der Waals surface area contributed by atoms with Crippen LogP contribution in [0.15, 0.2) is 29.3 Å². The molecule has 0 aliphatic heterocycles. The van der Waals surface area contributed by atoms with Gasteiger partial charge in [0, 0.05) is 12.3 Å². The molecular weight excluding hydrogens is 317 g/mol. The van der Waals surface area contributed by atoms with Gasteiger partial charge in [-0.2, -0.15) is 0 Å². The first-order chi connectivity index (χ1) is 10.4. The molecule has 0 radical (unpaired) electrons. The van der Waals surface area contributed by atoms with Gasteiger partial charge in [-0.25, -0.2) is 10.1 Å². The van der Waals surface area contributed by atoms with Gasteiger partial charge in [0.05, 0.1) is 19.1 Å². The van der Waals surface area contributed by atoms with Gasteiger partial charge in [0.25, 0.3) is 6.65 Å². The van der Waals surface area contributed by atoms with E-state index in [1.165, 1.54) is 11.4 Å². The van der Waals surface area contributed by atoms with Gasteiger partial charge in [0.15, 0.2) is 0 Å². The zero-order valence-corrected chi connectivity index (χ0v) is 15.7. The standard InChI is InChI=1S/C15H26N3O2PS/c1-6-18(21(19,16-4)22-11-13(2)3)12-17-14-7-9-15(20-5)10-8-14/h7-10,12-13H,6,11H2,1-5H3,(H,16,19). The van der Waals surface area contributed by atoms with E-state index in [1.807, 2.05) is 31.2 Å². The van der Waals surface area contributed by atoms with Crippen molar-refractivity contribution in [2.45, 2.75) is 20.8 Å². The van der Waals surface area contributed by atoms with E-state index in [0.717, 1.165) is 17.2 Å². The number of nitrogens with one attached hydrogen (secondary N) is 1. The molecule has 1 rings (SSSR count). The summed E-state index contributed by atoms with van der Waals surface area (Å²) in [5, 5.41) is 2.97. The molecule has 1 unspecified atom stereocenters. The Labute approximate surface area is 137 Å². The average molecular weight is 343 g/mol. The van der Waals surface area contributed by atoms with E-state index in [-0.39, 0.29) is 0 Å². The first-order valence-electron chi connectivity index (χ1n) is 7.34. The summed E-state index contributed by atoms with van der Waals surface area (Å²) in [5.74, 6) is 2.12. The number of methoxy groups -OCH3 is 1. The number of ether oxygens (including phenoxy) is 1. The lowest BCUT2D eigenvalue weighted by Crippen LogP contribution is -2.23. The zero-order valence-electron chi connectivity index (χ0n) is 13.9. The minimum atomic E-state index is -2.69. The van der Waals surface area contributed by atoms with E-state index in [1.54, 1.807) is 25.2 Å². The van der Waals surface area contributed by atoms with Gasteiger partial charge < -0.3 is 4.74 Å². The maximum atomic E-state index is 13.0. The summed E-state index contributed by atoms with van der Waals surface area (Å²) in [6, 6.07) is 7.45. The fourth-order valence-electron chi connectivity index (χ4n) is 1.65. The molecule has 0 spiro atoms. The van der Waals surface area contributed by atoms with Crippen LogP contribution in [0.3, 0.4) is 0 Å². The third-order valence-corrected chi connectivity index (χ3v) is 8.41. The van der Waals surface area contributed by atoms with Crippen molar-refractivity contribution in [3.63, 3.8) is 0 Å². The summed E-state index contributed by atoms with van der Waals surface area (Å²) < 4.78 is 19.9. The largest absolute Gasteiger partial charge is 0.497 e. The Hall–Kier alpha value is -0.970. The van der Waals surface area contributed by atoms with Gasteiger partial charge >= 0.3 is 0 Å². The van der Waals surface area contributed by atoms with Crippen molar-refractivity contribution in [3.8, 4) is 5.75 Å². The van der Waals surface area contributed by atoms with Gasteiger partial charge in [-0.15, -0.1) is 0 Å². The van der Waals surface area contributed by atoms with Crippen LogP contribution in [0.1, 0.15) is 20.8 Å². The molecule has 22 heavy (non-hydrogen) atoms. The van der Waals surface area contributed by atoms with Gasteiger partial charge in [-0.1, -0.05) is 25.2 Å². The van der Waals surface area contributed by atoms with Gasteiger partial charge in [0.1, 0.15) is 5.75 Å². The second-order valence-electron chi connectivity index (χ2n) is 5.13. The molecule has 1 atom stereocenters. The Kier molecular flexibility index (Phi) is 8.01. The van der Waals surface area contributed by atoms with Crippen molar-refractivity contribution in [1.82, 2.24) is 9.76 Å². The van der Waals surface area contributed by atoms with Crippen LogP contribution in [0.4, 0.5) is 5.69 Å². The van der Waals surface area contributed by atoms with Crippen LogP contribution in [0, 0.1) is 5.92 Å². The molecule has 0 heterocycles. The highest BCUT2D eigenvalue weighted by Gasteiger charge is 2.26. The first kappa shape index (κ1) is 19.1. The number of hydrogen-bond acceptors (Lipinski definition) is 4. The van der Waals surface area contributed by atoms with Crippen molar-refractivity contribution in [2.24, 2.45) is 10.9 Å². The summed E-state index contributed by atoms with van der Waals surface area (Å²) in [6.07, 6.45) is 1.66. The van der Waals surface area contributed by atoms with Crippen LogP contribution >= 0.6 is 18.0 Å². The van der Waals surface area contributed by atoms with Crippen molar-refractivity contribution in [2.75, 3.05) is 26.5 Å². The lowest BCUT2D eigenvalue weighted by Gasteiger charge is -2.28. The summed E-state index contributed by atoms with van der Waals surface area (Å²) >= 11 is 1.46. The molecule has 0 aliphatic carbocycles. The number of nitrogens with zero attached hydrogens (tertiary/aromatic N) is 2. The lowest BCUT2D eigenvalue weighted by molar-refractivity contribution is 0.415. The molecule has 0 saturated carbocycles. The summed E-state index contributed by atoms with van der Waals surface area (Å²) in [6.45, 7) is 4.15. The Bertz CT molecular complexity index is 520. The Balaban J connectivity index is 2.83. The fraction of sp³-hybridized carbons (Fsp3) is 0.533. The van der Waals surface area contributed by atoms with E-state index in [0.29, 0.717) is 12.5 Å². The molecule has 1 aromatic rings. The predicted molar refractivity (Wildman–Crippen MR) is 97.5 cm³/mol. The normalized spacial score (nSPS) is 14.3. The quantitative estimate of drug-likeness (QED) is 0.409. The van der Waals surface area contributed by atoms with Crippen LogP contribution in [-0.2, 0) is 4.57 Å². The highest BCUT2D eigenvalue weighted by Crippen LogP contribution is 2.57. The van der Waals surface area contributed by atoms with Crippen molar-refractivity contribution >= 4 is 30.1 Å². The minimum Gasteiger partial charge on any atom is -0.497 e. The molecule has 5 nitrogen and oxygen atoms in total. The predicted octanol–water partition coefficient (Wildman–Crippen LogP) is 4.39. The zero-order chi connectivity index (χ0) is 16.6. The molecule has 0 amide bonds. The molecule has 0 bridgehead atoms. The van der Waals surface area contributed by atoms with Crippen molar-refractivity contribution in [1.29, 1.82) is 0 Å². The average Bonchev–Trinajstić information content (AvgIpc) is 2.54. The number of benzene rings is 1. The Morgan fingerprint density at radius 3 is 2.50 bits per heavy atom. The van der Waals surface area contributed by atoms with E-state index in [9.17, 15) is 4.57 Å². The van der Waals surface area contributed by atoms with E-state index < -0.39 is 6.65 Å². The van der Waals surface area contributed by atoms with Gasteiger partial charge in [0.2, 0.25) is 0 Å². The maximum absolute atomic E-state index is 13.0. The highest BCUT2D eigenvalue weighted by atomic mass is 32.7. The number of rotatable bonds is 9. The Morgan fingerprint density at radius 2 is 2.05 bits per heavy atom. The molecule has 124 valence electrons. The molecule has 7 heteroatoms. The van der Waals surface area contributed by atoms with E-state index >= 15 is 0 Å². The van der Waals surface area contributed by atoms with Crippen molar-refractivity contribution in [3.05, 3.63) is 24.3 Å². The number of aliphatic imine (C=N–C) groups is 1. The molecule has 0 aliphatic rings. The third kappa shape index (κ3) is 5.67. The summed E-state index contributed by atoms with van der Waals surface area (Å²) in [7, 11) is 3.37. The summed E-state index contributed by atoms with van der Waals surface area (Å²) in [4.78, 5) is 4.41. The van der Waals surface area contributed by atoms with Crippen LogP contribution < -0.4 is 9.82 Å². The molecule has 0 aromatic heterocycles. The second kappa shape index (κ2) is 9.23. The van der Waals surface area contributed by atoms with Crippen molar-refractivity contribution < 1.29 is 9.30 Å². The lowest BCUT2D eigenvalue weighted by atomic mass is 10.3. The van der Waals surface area contributed by atoms with Crippen LogP contribution in [0.5, 0.6) is 5.75 Å². The van der Waals surface area contributed by atoms with Crippen LogP contribution in [-0.4, -0.2) is 37.5 Å².